The molecule has 0 unspecified atom stereocenters. The molecular formula is C18H12N2O7. The van der Waals surface area contributed by atoms with Crippen LogP contribution in [0.5, 0.6) is 11.5 Å². The van der Waals surface area contributed by atoms with Crippen molar-refractivity contribution in [1.82, 2.24) is 5.16 Å². The number of rotatable bonds is 5. The molecule has 0 aliphatic carbocycles. The third-order valence-electron chi connectivity index (χ3n) is 3.88. The molecule has 0 fully saturated rings. The molecule has 2 heterocycles. The normalized spacial score (nSPS) is 12.0. The van der Waals surface area contributed by atoms with Gasteiger partial charge < -0.3 is 18.7 Å². The first kappa shape index (κ1) is 16.6. The molecule has 1 aromatic heterocycles. The van der Waals surface area contributed by atoms with Crippen molar-refractivity contribution >= 4 is 11.7 Å². The van der Waals surface area contributed by atoms with E-state index in [9.17, 15) is 14.9 Å². The Morgan fingerprint density at radius 3 is 2.63 bits per heavy atom. The van der Waals surface area contributed by atoms with Gasteiger partial charge in [0, 0.05) is 17.7 Å². The Morgan fingerprint density at radius 2 is 1.89 bits per heavy atom. The predicted molar refractivity (Wildman–Crippen MR) is 90.3 cm³/mol. The summed E-state index contributed by atoms with van der Waals surface area (Å²) in [5.41, 5.74) is 0.560. The van der Waals surface area contributed by atoms with Crippen LogP contribution in [0.25, 0.3) is 11.3 Å². The Hall–Kier alpha value is -3.88. The Kier molecular flexibility index (Phi) is 4.17. The maximum Gasteiger partial charge on any atom is 0.345 e. The van der Waals surface area contributed by atoms with Gasteiger partial charge in [0.15, 0.2) is 17.3 Å². The van der Waals surface area contributed by atoms with E-state index in [0.29, 0.717) is 11.5 Å². The molecule has 1 aliphatic heterocycles. The molecule has 0 atom stereocenters. The molecule has 136 valence electrons. The van der Waals surface area contributed by atoms with E-state index < -0.39 is 16.6 Å². The molecular weight excluding hydrogens is 356 g/mol. The second kappa shape index (κ2) is 6.79. The zero-order valence-electron chi connectivity index (χ0n) is 13.8. The SMILES string of the molecule is O=C(OCc1cc(-c2ccccc2)on1)c1cc2c(cc1[N+](=O)[O-])OCO2. The van der Waals surface area contributed by atoms with Gasteiger partial charge in [-0.05, 0) is 0 Å². The number of nitro benzene ring substituents is 1. The van der Waals surface area contributed by atoms with Crippen molar-refractivity contribution in [2.45, 2.75) is 6.61 Å². The molecule has 2 aromatic carbocycles. The number of hydrogen-bond donors (Lipinski definition) is 0. The van der Waals surface area contributed by atoms with Crippen LogP contribution in [0.3, 0.4) is 0 Å². The van der Waals surface area contributed by atoms with Gasteiger partial charge in [-0.15, -0.1) is 0 Å². The summed E-state index contributed by atoms with van der Waals surface area (Å²) in [6, 6.07) is 13.3. The number of fused-ring (bicyclic) bond motifs is 1. The lowest BCUT2D eigenvalue weighted by atomic mass is 10.1. The molecule has 0 spiro atoms. The number of benzene rings is 2. The van der Waals surface area contributed by atoms with Crippen LogP contribution in [0, 0.1) is 10.1 Å². The molecule has 9 heteroatoms. The summed E-state index contributed by atoms with van der Waals surface area (Å²) in [5.74, 6) is 0.113. The van der Waals surface area contributed by atoms with Crippen molar-refractivity contribution in [1.29, 1.82) is 0 Å². The minimum atomic E-state index is -0.871. The fraction of sp³-hybridized carbons (Fsp3) is 0.111. The van der Waals surface area contributed by atoms with E-state index >= 15 is 0 Å². The van der Waals surface area contributed by atoms with Gasteiger partial charge in [0.25, 0.3) is 5.69 Å². The molecule has 0 saturated heterocycles. The zero-order valence-corrected chi connectivity index (χ0v) is 13.8. The van der Waals surface area contributed by atoms with Crippen LogP contribution >= 0.6 is 0 Å². The van der Waals surface area contributed by atoms with Gasteiger partial charge >= 0.3 is 5.97 Å². The minimum Gasteiger partial charge on any atom is -0.455 e. The maximum absolute atomic E-state index is 12.3. The summed E-state index contributed by atoms with van der Waals surface area (Å²) < 4.78 is 20.6. The summed E-state index contributed by atoms with van der Waals surface area (Å²) in [5, 5.41) is 15.1. The first-order valence-electron chi connectivity index (χ1n) is 7.88. The highest BCUT2D eigenvalue weighted by Crippen LogP contribution is 2.38. The van der Waals surface area contributed by atoms with Crippen LogP contribution in [-0.2, 0) is 11.3 Å². The van der Waals surface area contributed by atoms with Gasteiger partial charge in [0.1, 0.15) is 17.9 Å². The number of nitrogens with zero attached hydrogens (tertiary/aromatic N) is 2. The van der Waals surface area contributed by atoms with Crippen LogP contribution < -0.4 is 9.47 Å². The third-order valence-corrected chi connectivity index (χ3v) is 3.88. The monoisotopic (exact) mass is 368 g/mol. The highest BCUT2D eigenvalue weighted by Gasteiger charge is 2.28. The quantitative estimate of drug-likeness (QED) is 0.383. The standard InChI is InChI=1S/C18H12N2O7/c21-18(13-7-16-17(26-10-25-16)8-14(13)20(22)23)24-9-12-6-15(27-19-12)11-4-2-1-3-5-11/h1-8H,9-10H2. The number of ether oxygens (including phenoxy) is 3. The average Bonchev–Trinajstić information content (AvgIpc) is 3.34. The molecule has 0 amide bonds. The highest BCUT2D eigenvalue weighted by molar-refractivity contribution is 5.95. The van der Waals surface area contributed by atoms with Crippen LogP contribution in [-0.4, -0.2) is 22.8 Å². The maximum atomic E-state index is 12.3. The summed E-state index contributed by atoms with van der Waals surface area (Å²) in [7, 11) is 0. The van der Waals surface area contributed by atoms with E-state index in [1.807, 2.05) is 30.3 Å². The molecule has 0 saturated carbocycles. The lowest BCUT2D eigenvalue weighted by Gasteiger charge is -2.05. The first-order chi connectivity index (χ1) is 13.1. The Morgan fingerprint density at radius 1 is 1.15 bits per heavy atom. The van der Waals surface area contributed by atoms with E-state index in [2.05, 4.69) is 5.16 Å². The number of esters is 1. The van der Waals surface area contributed by atoms with Crippen molar-refractivity contribution in [3.63, 3.8) is 0 Å². The number of aromatic nitrogens is 1. The second-order valence-corrected chi connectivity index (χ2v) is 5.60. The van der Waals surface area contributed by atoms with Crippen LogP contribution in [0.1, 0.15) is 16.1 Å². The molecule has 27 heavy (non-hydrogen) atoms. The van der Waals surface area contributed by atoms with Crippen LogP contribution in [0.2, 0.25) is 0 Å². The number of carbonyl (C=O) groups excluding carboxylic acids is 1. The van der Waals surface area contributed by atoms with E-state index in [1.165, 1.54) is 6.07 Å². The fourth-order valence-corrected chi connectivity index (χ4v) is 2.58. The van der Waals surface area contributed by atoms with Gasteiger partial charge in [-0.2, -0.15) is 0 Å². The van der Waals surface area contributed by atoms with Gasteiger partial charge in [0.05, 0.1) is 11.0 Å². The Balaban J connectivity index is 1.50. The molecule has 3 aromatic rings. The summed E-state index contributed by atoms with van der Waals surface area (Å²) >= 11 is 0. The first-order valence-corrected chi connectivity index (χ1v) is 7.88. The van der Waals surface area contributed by atoms with Crippen molar-refractivity contribution in [2.24, 2.45) is 0 Å². The van der Waals surface area contributed by atoms with Gasteiger partial charge in [-0.1, -0.05) is 35.5 Å². The smallest absolute Gasteiger partial charge is 0.345 e. The molecule has 0 bridgehead atoms. The molecule has 1 aliphatic rings. The van der Waals surface area contributed by atoms with Gasteiger partial charge in [-0.3, -0.25) is 10.1 Å². The second-order valence-electron chi connectivity index (χ2n) is 5.60. The van der Waals surface area contributed by atoms with Crippen molar-refractivity contribution in [2.75, 3.05) is 6.79 Å². The number of carbonyl (C=O) groups is 1. The number of nitro groups is 1. The van der Waals surface area contributed by atoms with Crippen molar-refractivity contribution in [3.05, 3.63) is 69.9 Å². The van der Waals surface area contributed by atoms with Crippen LogP contribution in [0.15, 0.2) is 53.1 Å². The molecule has 4 rings (SSSR count). The molecule has 9 nitrogen and oxygen atoms in total. The van der Waals surface area contributed by atoms with E-state index in [0.717, 1.165) is 11.6 Å². The number of hydrogen-bond acceptors (Lipinski definition) is 8. The molecule has 0 radical (unpaired) electrons. The van der Waals surface area contributed by atoms with E-state index in [-0.39, 0.29) is 30.5 Å². The largest absolute Gasteiger partial charge is 0.455 e. The molecule has 0 N–H and O–H groups in total. The van der Waals surface area contributed by atoms with E-state index in [4.69, 9.17) is 18.7 Å². The van der Waals surface area contributed by atoms with Crippen molar-refractivity contribution in [3.8, 4) is 22.8 Å². The summed E-state index contributed by atoms with van der Waals surface area (Å²) in [4.78, 5) is 22.9. The summed E-state index contributed by atoms with van der Waals surface area (Å²) in [6.07, 6.45) is 0. The van der Waals surface area contributed by atoms with E-state index in [1.54, 1.807) is 6.07 Å². The Labute approximate surface area is 152 Å². The topological polar surface area (TPSA) is 114 Å². The predicted octanol–water partition coefficient (Wildman–Crippen LogP) is 3.34. The third kappa shape index (κ3) is 3.30. The average molecular weight is 368 g/mol. The lowest BCUT2D eigenvalue weighted by Crippen LogP contribution is -2.08. The van der Waals surface area contributed by atoms with Crippen molar-refractivity contribution < 1.29 is 28.5 Å². The summed E-state index contributed by atoms with van der Waals surface area (Å²) in [6.45, 7) is -0.257. The lowest BCUT2D eigenvalue weighted by molar-refractivity contribution is -0.385. The van der Waals surface area contributed by atoms with Gasteiger partial charge in [0.2, 0.25) is 6.79 Å². The fourth-order valence-electron chi connectivity index (χ4n) is 2.58. The van der Waals surface area contributed by atoms with Gasteiger partial charge in [-0.25, -0.2) is 4.79 Å². The zero-order chi connectivity index (χ0) is 18.8. The highest BCUT2D eigenvalue weighted by atomic mass is 16.7. The van der Waals surface area contributed by atoms with Crippen LogP contribution in [0.4, 0.5) is 5.69 Å². The minimum absolute atomic E-state index is 0.0633. The Bertz CT molecular complexity index is 1010.